The molecule has 4 aromatic rings. The van der Waals surface area contributed by atoms with Crippen molar-refractivity contribution in [1.82, 2.24) is 14.9 Å². The van der Waals surface area contributed by atoms with E-state index < -0.39 is 0 Å². The van der Waals surface area contributed by atoms with Crippen molar-refractivity contribution in [2.24, 2.45) is 0 Å². The molecule has 0 saturated heterocycles. The lowest BCUT2D eigenvalue weighted by molar-refractivity contribution is -0.131. The third kappa shape index (κ3) is 4.53. The molecule has 0 spiro atoms. The number of anilines is 1. The molecule has 0 bridgehead atoms. The number of fused-ring (bicyclic) bond motifs is 1. The summed E-state index contributed by atoms with van der Waals surface area (Å²) in [7, 11) is 0. The van der Waals surface area contributed by atoms with E-state index in [1.54, 1.807) is 11.3 Å². The predicted octanol–water partition coefficient (Wildman–Crippen LogP) is 5.81. The van der Waals surface area contributed by atoms with E-state index in [-0.39, 0.29) is 11.7 Å². The van der Waals surface area contributed by atoms with Crippen molar-refractivity contribution in [2.45, 2.75) is 50.7 Å². The Labute approximate surface area is 201 Å². The molecule has 2 aromatic heterocycles. The maximum absolute atomic E-state index is 15.0. The van der Waals surface area contributed by atoms with Crippen molar-refractivity contribution >= 4 is 34.0 Å². The van der Waals surface area contributed by atoms with Crippen LogP contribution < -0.4 is 5.32 Å². The molecule has 2 fully saturated rings. The minimum absolute atomic E-state index is 0.167. The van der Waals surface area contributed by atoms with Gasteiger partial charge in [-0.3, -0.25) is 4.79 Å². The highest BCUT2D eigenvalue weighted by Gasteiger charge is 2.32. The number of carbonyl (C=O) groups excluding carboxylic acids is 1. The number of hydrogen-bond donors (Lipinski definition) is 1. The highest BCUT2D eigenvalue weighted by Crippen LogP contribution is 2.33. The summed E-state index contributed by atoms with van der Waals surface area (Å²) in [6.07, 6.45) is 6.19. The molecule has 34 heavy (non-hydrogen) atoms. The number of benzene rings is 2. The van der Waals surface area contributed by atoms with E-state index in [0.717, 1.165) is 47.3 Å². The van der Waals surface area contributed by atoms with Crippen LogP contribution in [0, 0.1) is 5.82 Å². The van der Waals surface area contributed by atoms with Crippen LogP contribution >= 0.6 is 11.3 Å². The number of hydrogen-bond acceptors (Lipinski definition) is 5. The Morgan fingerprint density at radius 1 is 1.06 bits per heavy atom. The maximum Gasteiger partial charge on any atom is 0.228 e. The van der Waals surface area contributed by atoms with Gasteiger partial charge in [-0.1, -0.05) is 24.3 Å². The number of carbonyl (C=O) groups is 1. The average molecular weight is 473 g/mol. The number of halogens is 1. The molecule has 172 valence electrons. The summed E-state index contributed by atoms with van der Waals surface area (Å²) in [6, 6.07) is 16.3. The first-order valence-corrected chi connectivity index (χ1v) is 12.6. The van der Waals surface area contributed by atoms with Gasteiger partial charge in [0.15, 0.2) is 0 Å². The molecule has 0 aliphatic heterocycles. The van der Waals surface area contributed by atoms with Crippen LogP contribution in [-0.2, 0) is 17.8 Å². The molecule has 5 nitrogen and oxygen atoms in total. The van der Waals surface area contributed by atoms with Crippen LogP contribution in [0.2, 0.25) is 0 Å². The summed E-state index contributed by atoms with van der Waals surface area (Å²) in [5, 5.41) is 6.09. The molecule has 2 aliphatic rings. The van der Waals surface area contributed by atoms with Gasteiger partial charge in [-0.25, -0.2) is 14.4 Å². The first-order valence-electron chi connectivity index (χ1n) is 11.8. The molecule has 7 heteroatoms. The summed E-state index contributed by atoms with van der Waals surface area (Å²) in [6.45, 7) is 0.566. The lowest BCUT2D eigenvalue weighted by Crippen LogP contribution is -2.33. The smallest absolute Gasteiger partial charge is 0.228 e. The minimum Gasteiger partial charge on any atom is -0.367 e. The normalized spacial score (nSPS) is 15.4. The molecule has 2 aliphatic carbocycles. The number of rotatable bonds is 8. The number of nitrogens with zero attached hydrogens (tertiary/aromatic N) is 3. The Morgan fingerprint density at radius 3 is 2.71 bits per heavy atom. The molecule has 0 atom stereocenters. The van der Waals surface area contributed by atoms with Crippen LogP contribution in [0.1, 0.15) is 36.1 Å². The van der Waals surface area contributed by atoms with Gasteiger partial charge >= 0.3 is 0 Å². The van der Waals surface area contributed by atoms with Crippen LogP contribution in [0.25, 0.3) is 22.0 Å². The molecule has 0 radical (unpaired) electrons. The fourth-order valence-electron chi connectivity index (χ4n) is 4.34. The van der Waals surface area contributed by atoms with E-state index in [1.165, 1.54) is 12.4 Å². The van der Waals surface area contributed by atoms with Gasteiger partial charge in [0.1, 0.15) is 23.5 Å². The van der Waals surface area contributed by atoms with E-state index in [4.69, 9.17) is 0 Å². The van der Waals surface area contributed by atoms with Crippen LogP contribution in [0.5, 0.6) is 0 Å². The molecule has 2 saturated carbocycles. The second-order valence-corrected chi connectivity index (χ2v) is 10.2. The average Bonchev–Trinajstić information content (AvgIpc) is 3.78. The van der Waals surface area contributed by atoms with E-state index >= 15 is 4.39 Å². The zero-order chi connectivity index (χ0) is 23.1. The molecule has 1 amide bonds. The molecular formula is C27H25FN4OS. The van der Waals surface area contributed by atoms with Crippen molar-refractivity contribution in [1.29, 1.82) is 0 Å². The minimum atomic E-state index is -0.357. The number of nitrogens with one attached hydrogen (secondary N) is 1. The Kier molecular flexibility index (Phi) is 5.49. The molecular weight excluding hydrogens is 447 g/mol. The van der Waals surface area contributed by atoms with Crippen molar-refractivity contribution in [3.63, 3.8) is 0 Å². The number of aromatic nitrogens is 2. The lowest BCUT2D eigenvalue weighted by atomic mass is 10.0. The second kappa shape index (κ2) is 8.80. The molecule has 2 aromatic carbocycles. The van der Waals surface area contributed by atoms with Gasteiger partial charge in [0.25, 0.3) is 0 Å². The highest BCUT2D eigenvalue weighted by molar-refractivity contribution is 7.10. The first kappa shape index (κ1) is 21.2. The quantitative estimate of drug-likeness (QED) is 0.352. The standard InChI is InChI=1S/C27H25FN4OS/c28-24-13-19(12-23-26(24)29-16-30-27(23)31-20-6-7-20)18-4-1-3-17(11-18)15-32(21-8-9-21)25(33)14-22-5-2-10-34-22/h1-5,10-13,16,20-21H,6-9,14-15H2,(H,29,30,31). The second-order valence-electron chi connectivity index (χ2n) is 9.20. The summed E-state index contributed by atoms with van der Waals surface area (Å²) in [5.74, 6) is 0.494. The molecule has 0 unspecified atom stereocenters. The number of thiophene rings is 1. The Balaban J connectivity index is 1.29. The Hall–Kier alpha value is -3.32. The van der Waals surface area contributed by atoms with E-state index in [0.29, 0.717) is 41.8 Å². The SMILES string of the molecule is O=C(Cc1cccs1)N(Cc1cccc(-c2cc(F)c3ncnc(NC4CC4)c3c2)c1)C1CC1. The summed E-state index contributed by atoms with van der Waals surface area (Å²) >= 11 is 1.62. The maximum atomic E-state index is 15.0. The predicted molar refractivity (Wildman–Crippen MR) is 133 cm³/mol. The van der Waals surface area contributed by atoms with Gasteiger partial charge < -0.3 is 10.2 Å². The van der Waals surface area contributed by atoms with E-state index in [2.05, 4.69) is 21.4 Å². The fourth-order valence-corrected chi connectivity index (χ4v) is 5.04. The molecule has 2 heterocycles. The van der Waals surface area contributed by atoms with Gasteiger partial charge in [0.2, 0.25) is 5.91 Å². The summed E-state index contributed by atoms with van der Waals surface area (Å²) < 4.78 is 15.0. The number of amides is 1. The van der Waals surface area contributed by atoms with Crippen molar-refractivity contribution in [2.75, 3.05) is 5.32 Å². The monoisotopic (exact) mass is 472 g/mol. The topological polar surface area (TPSA) is 58.1 Å². The lowest BCUT2D eigenvalue weighted by Gasteiger charge is -2.23. The van der Waals surface area contributed by atoms with Crippen LogP contribution in [0.15, 0.2) is 60.2 Å². The third-order valence-electron chi connectivity index (χ3n) is 6.44. The van der Waals surface area contributed by atoms with Gasteiger partial charge in [-0.2, -0.15) is 0 Å². The summed E-state index contributed by atoms with van der Waals surface area (Å²) in [5.41, 5.74) is 3.08. The highest BCUT2D eigenvalue weighted by atomic mass is 32.1. The largest absolute Gasteiger partial charge is 0.367 e. The Bertz CT molecular complexity index is 1350. The summed E-state index contributed by atoms with van der Waals surface area (Å²) in [4.78, 5) is 24.7. The van der Waals surface area contributed by atoms with Gasteiger partial charge in [0, 0.05) is 28.9 Å². The molecule has 1 N–H and O–H groups in total. The third-order valence-corrected chi connectivity index (χ3v) is 7.31. The van der Waals surface area contributed by atoms with E-state index in [9.17, 15) is 4.79 Å². The van der Waals surface area contributed by atoms with Crippen LogP contribution in [-0.4, -0.2) is 32.9 Å². The first-order chi connectivity index (χ1) is 16.6. The Morgan fingerprint density at radius 2 is 1.94 bits per heavy atom. The zero-order valence-electron chi connectivity index (χ0n) is 18.7. The molecule has 6 rings (SSSR count). The zero-order valence-corrected chi connectivity index (χ0v) is 19.5. The fraction of sp³-hybridized carbons (Fsp3) is 0.296. The van der Waals surface area contributed by atoms with Crippen molar-refractivity contribution < 1.29 is 9.18 Å². The van der Waals surface area contributed by atoms with Gasteiger partial charge in [0.05, 0.1) is 6.42 Å². The van der Waals surface area contributed by atoms with Crippen LogP contribution in [0.4, 0.5) is 10.2 Å². The van der Waals surface area contributed by atoms with Crippen molar-refractivity contribution in [3.05, 3.63) is 76.5 Å². The van der Waals surface area contributed by atoms with E-state index in [1.807, 2.05) is 46.7 Å². The van der Waals surface area contributed by atoms with Crippen LogP contribution in [0.3, 0.4) is 0 Å². The van der Waals surface area contributed by atoms with Gasteiger partial charge in [-0.15, -0.1) is 11.3 Å². The van der Waals surface area contributed by atoms with Gasteiger partial charge in [-0.05, 0) is 72.0 Å². The van der Waals surface area contributed by atoms with Crippen molar-refractivity contribution in [3.8, 4) is 11.1 Å².